The van der Waals surface area contributed by atoms with Gasteiger partial charge in [0.25, 0.3) is 5.91 Å². The Hall–Kier alpha value is -2.93. The smallest absolute Gasteiger partial charge is 0.251 e. The minimum Gasteiger partial charge on any atom is -0.497 e. The van der Waals surface area contributed by atoms with Gasteiger partial charge in [-0.2, -0.15) is 0 Å². The van der Waals surface area contributed by atoms with Crippen LogP contribution in [0.3, 0.4) is 0 Å². The summed E-state index contributed by atoms with van der Waals surface area (Å²) in [5.41, 5.74) is 1.41. The molecule has 4 rings (SSSR count). The average molecular weight is 494 g/mol. The molecule has 2 aromatic rings. The van der Waals surface area contributed by atoms with Crippen LogP contribution in [0.1, 0.15) is 62.5 Å². The monoisotopic (exact) mass is 493 g/mol. The highest BCUT2D eigenvalue weighted by Gasteiger charge is 2.53. The molecule has 36 heavy (non-hydrogen) atoms. The van der Waals surface area contributed by atoms with Crippen LogP contribution in [-0.4, -0.2) is 41.2 Å². The molecule has 7 heteroatoms. The van der Waals surface area contributed by atoms with Gasteiger partial charge < -0.3 is 20.5 Å². The lowest BCUT2D eigenvalue weighted by Crippen LogP contribution is -2.58. The van der Waals surface area contributed by atoms with E-state index in [1.807, 2.05) is 25.1 Å². The number of methoxy groups -OCH3 is 1. The predicted octanol–water partition coefficient (Wildman–Crippen LogP) is 3.96. The van der Waals surface area contributed by atoms with Crippen molar-refractivity contribution in [1.29, 1.82) is 0 Å². The van der Waals surface area contributed by atoms with Gasteiger partial charge in [-0.25, -0.2) is 0 Å². The third kappa shape index (κ3) is 5.41. The van der Waals surface area contributed by atoms with E-state index >= 15 is 0 Å². The number of hydrogen-bond acceptors (Lipinski definition) is 5. The number of aliphatic hydroxyl groups excluding tert-OH is 1. The van der Waals surface area contributed by atoms with E-state index in [1.165, 1.54) is 0 Å². The van der Waals surface area contributed by atoms with E-state index in [0.29, 0.717) is 17.9 Å². The first kappa shape index (κ1) is 26.1. The second-order valence-corrected chi connectivity index (χ2v) is 10.9. The number of aliphatic hydroxyl groups is 1. The fourth-order valence-electron chi connectivity index (χ4n) is 6.53. The first-order valence-electron chi connectivity index (χ1n) is 13.0. The van der Waals surface area contributed by atoms with Crippen LogP contribution in [0.15, 0.2) is 48.7 Å². The van der Waals surface area contributed by atoms with Gasteiger partial charge in [-0.15, -0.1) is 0 Å². The minimum atomic E-state index is -0.602. The van der Waals surface area contributed by atoms with E-state index in [4.69, 9.17) is 4.74 Å². The van der Waals surface area contributed by atoms with Gasteiger partial charge in [0.05, 0.1) is 25.5 Å². The Labute approximate surface area is 214 Å². The van der Waals surface area contributed by atoms with Crippen LogP contribution in [0.25, 0.3) is 0 Å². The second-order valence-electron chi connectivity index (χ2n) is 10.9. The zero-order valence-corrected chi connectivity index (χ0v) is 21.7. The summed E-state index contributed by atoms with van der Waals surface area (Å²) in [5, 5.41) is 17.8. The maximum atomic E-state index is 13.0. The number of benzene rings is 1. The third-order valence-corrected chi connectivity index (χ3v) is 8.78. The van der Waals surface area contributed by atoms with E-state index in [9.17, 15) is 14.7 Å². The number of amides is 2. The van der Waals surface area contributed by atoms with Crippen molar-refractivity contribution in [2.24, 2.45) is 29.1 Å². The molecule has 0 saturated heterocycles. The first-order valence-corrected chi connectivity index (χ1v) is 13.0. The summed E-state index contributed by atoms with van der Waals surface area (Å²) < 4.78 is 5.19. The Bertz CT molecular complexity index is 1040. The fourth-order valence-corrected chi connectivity index (χ4v) is 6.53. The normalized spacial score (nSPS) is 30.5. The number of pyridine rings is 1. The predicted molar refractivity (Wildman–Crippen MR) is 138 cm³/mol. The molecule has 1 heterocycles. The van der Waals surface area contributed by atoms with Crippen molar-refractivity contribution < 1.29 is 19.4 Å². The Balaban J connectivity index is 1.41. The van der Waals surface area contributed by atoms with Crippen LogP contribution in [0.4, 0.5) is 0 Å². The van der Waals surface area contributed by atoms with Crippen molar-refractivity contribution in [3.63, 3.8) is 0 Å². The van der Waals surface area contributed by atoms with Crippen LogP contribution >= 0.6 is 0 Å². The maximum Gasteiger partial charge on any atom is 0.251 e. The highest BCUT2D eigenvalue weighted by atomic mass is 16.5. The number of fused-ring (bicyclic) bond motifs is 1. The van der Waals surface area contributed by atoms with Crippen molar-refractivity contribution in [2.75, 3.05) is 7.11 Å². The summed E-state index contributed by atoms with van der Waals surface area (Å²) in [7, 11) is 1.60. The largest absolute Gasteiger partial charge is 0.497 e. The number of ether oxygens (including phenoxy) is 1. The second kappa shape index (κ2) is 11.0. The molecule has 2 aliphatic rings. The molecule has 7 atom stereocenters. The average Bonchev–Trinajstić information content (AvgIpc) is 2.89. The van der Waals surface area contributed by atoms with Crippen molar-refractivity contribution in [1.82, 2.24) is 15.6 Å². The summed E-state index contributed by atoms with van der Waals surface area (Å²) in [4.78, 5) is 30.2. The molecule has 1 aromatic heterocycles. The lowest BCUT2D eigenvalue weighted by molar-refractivity contribution is -0.142. The molecular formula is C29H39N3O4. The van der Waals surface area contributed by atoms with Gasteiger partial charge in [-0.05, 0) is 85.3 Å². The molecule has 3 N–H and O–H groups in total. The van der Waals surface area contributed by atoms with Gasteiger partial charge in [0.15, 0.2) is 0 Å². The van der Waals surface area contributed by atoms with E-state index in [-0.39, 0.29) is 46.9 Å². The quantitative estimate of drug-likeness (QED) is 0.542. The van der Waals surface area contributed by atoms with Gasteiger partial charge in [0.1, 0.15) is 5.75 Å². The number of carbonyl (C=O) groups excluding carboxylic acids is 2. The molecule has 0 aliphatic heterocycles. The van der Waals surface area contributed by atoms with Gasteiger partial charge in [0, 0.05) is 23.7 Å². The summed E-state index contributed by atoms with van der Waals surface area (Å²) >= 11 is 0. The Morgan fingerprint density at radius 3 is 2.56 bits per heavy atom. The van der Waals surface area contributed by atoms with E-state index in [1.54, 1.807) is 37.6 Å². The van der Waals surface area contributed by atoms with Crippen LogP contribution in [0, 0.1) is 29.1 Å². The Kier molecular flexibility index (Phi) is 7.98. The van der Waals surface area contributed by atoms with Crippen LogP contribution < -0.4 is 15.4 Å². The summed E-state index contributed by atoms with van der Waals surface area (Å²) in [6.45, 7) is 6.70. The van der Waals surface area contributed by atoms with Crippen LogP contribution in [0.5, 0.6) is 5.75 Å². The van der Waals surface area contributed by atoms with Gasteiger partial charge in [-0.3, -0.25) is 14.6 Å². The Morgan fingerprint density at radius 1 is 1.17 bits per heavy atom. The molecule has 2 fully saturated rings. The molecule has 2 aliphatic carbocycles. The van der Waals surface area contributed by atoms with Crippen molar-refractivity contribution >= 4 is 11.8 Å². The lowest BCUT2D eigenvalue weighted by atomic mass is 9.51. The molecule has 0 radical (unpaired) electrons. The molecule has 1 aromatic carbocycles. The summed E-state index contributed by atoms with van der Waals surface area (Å²) in [6, 6.07) is 12.7. The van der Waals surface area contributed by atoms with Crippen molar-refractivity contribution in [3.05, 3.63) is 59.9 Å². The number of hydrogen-bond donors (Lipinski definition) is 3. The standard InChI is InChI=1S/C29H39N3O4/c1-18(27(34)31-17-21-7-5-6-16-30-21)23-12-14-29(3)15-13-24(19(2)25(29)26(23)33)32-28(35)20-8-10-22(36-4)11-9-20/h5-11,16,18-19,23-26,33H,12-15,17H2,1-4H3,(H,31,34)(H,32,35). The van der Waals surface area contributed by atoms with E-state index in [2.05, 4.69) is 29.5 Å². The zero-order chi connectivity index (χ0) is 25.9. The van der Waals surface area contributed by atoms with Crippen molar-refractivity contribution in [2.45, 2.75) is 65.1 Å². The number of carbonyl (C=O) groups is 2. The van der Waals surface area contributed by atoms with Gasteiger partial charge in [0.2, 0.25) is 5.91 Å². The molecule has 2 saturated carbocycles. The maximum absolute atomic E-state index is 13.0. The van der Waals surface area contributed by atoms with Crippen LogP contribution in [-0.2, 0) is 11.3 Å². The van der Waals surface area contributed by atoms with Crippen molar-refractivity contribution in [3.8, 4) is 5.75 Å². The lowest BCUT2D eigenvalue weighted by Gasteiger charge is -2.56. The summed E-state index contributed by atoms with van der Waals surface area (Å²) in [6.07, 6.45) is 4.73. The fraction of sp³-hybridized carbons (Fsp3) is 0.552. The molecule has 194 valence electrons. The molecular weight excluding hydrogens is 454 g/mol. The highest BCUT2D eigenvalue weighted by Crippen LogP contribution is 2.55. The van der Waals surface area contributed by atoms with E-state index < -0.39 is 6.10 Å². The number of nitrogens with one attached hydrogen (secondary N) is 2. The van der Waals surface area contributed by atoms with E-state index in [0.717, 1.165) is 31.4 Å². The van der Waals surface area contributed by atoms with Gasteiger partial charge in [-0.1, -0.05) is 26.8 Å². The third-order valence-electron chi connectivity index (χ3n) is 8.78. The number of rotatable bonds is 7. The van der Waals surface area contributed by atoms with Crippen LogP contribution in [0.2, 0.25) is 0 Å². The highest BCUT2D eigenvalue weighted by molar-refractivity contribution is 5.94. The number of aromatic nitrogens is 1. The molecule has 0 bridgehead atoms. The minimum absolute atomic E-state index is 0.000822. The summed E-state index contributed by atoms with van der Waals surface area (Å²) in [5.74, 6) is 0.219. The SMILES string of the molecule is COc1ccc(C(=O)NC2CCC3(C)CCC(C(C)C(=O)NCc4ccccn4)C(O)C3C2C)cc1. The first-order chi connectivity index (χ1) is 17.2. The molecule has 7 unspecified atom stereocenters. The molecule has 7 nitrogen and oxygen atoms in total. The molecule has 2 amide bonds. The Morgan fingerprint density at radius 2 is 1.89 bits per heavy atom. The van der Waals surface area contributed by atoms with Gasteiger partial charge >= 0.3 is 0 Å². The number of nitrogens with zero attached hydrogens (tertiary/aromatic N) is 1. The topological polar surface area (TPSA) is 101 Å². The zero-order valence-electron chi connectivity index (χ0n) is 21.7. The molecule has 0 spiro atoms.